The van der Waals surface area contributed by atoms with Crippen LogP contribution in [0.2, 0.25) is 5.02 Å². The van der Waals surface area contributed by atoms with Gasteiger partial charge in [-0.3, -0.25) is 0 Å². The summed E-state index contributed by atoms with van der Waals surface area (Å²) in [5.74, 6) is 0. The van der Waals surface area contributed by atoms with Crippen LogP contribution in [-0.2, 0) is 4.74 Å². The summed E-state index contributed by atoms with van der Waals surface area (Å²) >= 11 is 9.38. The summed E-state index contributed by atoms with van der Waals surface area (Å²) in [5, 5.41) is 0.673. The van der Waals surface area contributed by atoms with Crippen LogP contribution in [0.3, 0.4) is 0 Å². The highest BCUT2D eigenvalue weighted by molar-refractivity contribution is 9.10. The van der Waals surface area contributed by atoms with E-state index in [1.54, 1.807) is 0 Å². The fourth-order valence-corrected chi connectivity index (χ4v) is 1.95. The molecule has 0 fully saturated rings. The van der Waals surface area contributed by atoms with E-state index in [9.17, 15) is 0 Å². The molecule has 1 rings (SSSR count). The summed E-state index contributed by atoms with van der Waals surface area (Å²) in [6.45, 7) is 3.11. The Balaban J connectivity index is 2.74. The molecule has 1 atom stereocenters. The average molecular weight is 279 g/mol. The summed E-state index contributed by atoms with van der Waals surface area (Å²) in [4.78, 5) is 0. The molecule has 0 aliphatic carbocycles. The van der Waals surface area contributed by atoms with Crippen LogP contribution in [0.1, 0.15) is 18.5 Å². The highest BCUT2D eigenvalue weighted by Gasteiger charge is 2.09. The smallest absolute Gasteiger partial charge is 0.0659 e. The summed E-state index contributed by atoms with van der Waals surface area (Å²) in [6.07, 6.45) is 0. The third-order valence-electron chi connectivity index (χ3n) is 1.86. The lowest BCUT2D eigenvalue weighted by Gasteiger charge is -2.13. The van der Waals surface area contributed by atoms with Gasteiger partial charge in [0, 0.05) is 16.1 Å². The van der Waals surface area contributed by atoms with Gasteiger partial charge in [0.2, 0.25) is 0 Å². The molecule has 0 aliphatic rings. The van der Waals surface area contributed by atoms with Crippen molar-refractivity contribution in [1.82, 2.24) is 0 Å². The Hall–Kier alpha value is -0.0900. The second kappa shape index (κ2) is 5.71. The largest absolute Gasteiger partial charge is 0.380 e. The maximum atomic E-state index is 6.04. The lowest BCUT2D eigenvalue weighted by Crippen LogP contribution is -2.17. The van der Waals surface area contributed by atoms with Gasteiger partial charge in [-0.15, -0.1) is 0 Å². The third kappa shape index (κ3) is 3.24. The molecule has 0 saturated carbocycles. The van der Waals surface area contributed by atoms with E-state index in [1.165, 1.54) is 0 Å². The number of rotatable bonds is 4. The average Bonchev–Trinajstić information content (AvgIpc) is 2.14. The zero-order chi connectivity index (χ0) is 10.6. The molecule has 78 valence electrons. The topological polar surface area (TPSA) is 35.2 Å². The van der Waals surface area contributed by atoms with Gasteiger partial charge in [-0.2, -0.15) is 0 Å². The molecule has 1 unspecified atom stereocenters. The minimum absolute atomic E-state index is 0.157. The van der Waals surface area contributed by atoms with Crippen LogP contribution in [0, 0.1) is 0 Å². The predicted octanol–water partition coefficient (Wildman–Crippen LogP) is 3.14. The van der Waals surface area contributed by atoms with Crippen LogP contribution in [0.4, 0.5) is 0 Å². The molecule has 4 heteroatoms. The Kier molecular flexibility index (Phi) is 4.89. The second-order valence-electron chi connectivity index (χ2n) is 2.93. The van der Waals surface area contributed by atoms with Gasteiger partial charge in [-0.25, -0.2) is 0 Å². The molecule has 0 spiro atoms. The molecule has 0 aromatic heterocycles. The van der Waals surface area contributed by atoms with Gasteiger partial charge in [0.25, 0.3) is 0 Å². The normalized spacial score (nSPS) is 12.9. The monoisotopic (exact) mass is 277 g/mol. The number of ether oxygens (including phenoxy) is 1. The lowest BCUT2D eigenvalue weighted by atomic mass is 10.1. The summed E-state index contributed by atoms with van der Waals surface area (Å²) in [5.41, 5.74) is 6.83. The van der Waals surface area contributed by atoms with Crippen molar-refractivity contribution in [3.63, 3.8) is 0 Å². The molecule has 0 heterocycles. The molecule has 0 radical (unpaired) electrons. The molecule has 0 bridgehead atoms. The number of halogens is 2. The van der Waals surface area contributed by atoms with E-state index in [1.807, 2.05) is 25.1 Å². The molecular weight excluding hydrogens is 265 g/mol. The van der Waals surface area contributed by atoms with Crippen molar-refractivity contribution in [2.24, 2.45) is 5.73 Å². The molecular formula is C10H13BrClNO. The van der Waals surface area contributed by atoms with Crippen molar-refractivity contribution in [3.05, 3.63) is 33.3 Å². The van der Waals surface area contributed by atoms with Gasteiger partial charge < -0.3 is 10.5 Å². The first kappa shape index (κ1) is 12.0. The number of benzene rings is 1. The maximum absolute atomic E-state index is 6.04. The fraction of sp³-hybridized carbons (Fsp3) is 0.400. The van der Waals surface area contributed by atoms with Gasteiger partial charge >= 0.3 is 0 Å². The third-order valence-corrected chi connectivity index (χ3v) is 2.68. The minimum atomic E-state index is -0.157. The quantitative estimate of drug-likeness (QED) is 0.918. The van der Waals surface area contributed by atoms with Crippen molar-refractivity contribution in [3.8, 4) is 0 Å². The van der Waals surface area contributed by atoms with Crippen molar-refractivity contribution < 1.29 is 4.74 Å². The van der Waals surface area contributed by atoms with E-state index in [-0.39, 0.29) is 6.04 Å². The van der Waals surface area contributed by atoms with Gasteiger partial charge in [-0.05, 0) is 24.6 Å². The van der Waals surface area contributed by atoms with E-state index >= 15 is 0 Å². The Morgan fingerprint density at radius 1 is 1.57 bits per heavy atom. The van der Waals surface area contributed by atoms with E-state index < -0.39 is 0 Å². The lowest BCUT2D eigenvalue weighted by molar-refractivity contribution is 0.133. The van der Waals surface area contributed by atoms with Crippen LogP contribution in [-0.4, -0.2) is 13.2 Å². The molecule has 0 aliphatic heterocycles. The number of nitrogens with two attached hydrogens (primary N) is 1. The summed E-state index contributed by atoms with van der Waals surface area (Å²) < 4.78 is 6.19. The Labute approximate surface area is 97.5 Å². The zero-order valence-corrected chi connectivity index (χ0v) is 10.3. The Morgan fingerprint density at radius 3 is 2.86 bits per heavy atom. The van der Waals surface area contributed by atoms with Crippen molar-refractivity contribution >= 4 is 27.5 Å². The maximum Gasteiger partial charge on any atom is 0.0659 e. The highest BCUT2D eigenvalue weighted by atomic mass is 79.9. The minimum Gasteiger partial charge on any atom is -0.380 e. The van der Waals surface area contributed by atoms with Crippen LogP contribution in [0.5, 0.6) is 0 Å². The first-order valence-electron chi connectivity index (χ1n) is 4.43. The number of hydrogen-bond donors (Lipinski definition) is 1. The van der Waals surface area contributed by atoms with Crippen molar-refractivity contribution in [2.75, 3.05) is 13.2 Å². The predicted molar refractivity (Wildman–Crippen MR) is 62.6 cm³/mol. The molecule has 1 aromatic rings. The summed E-state index contributed by atoms with van der Waals surface area (Å²) in [7, 11) is 0. The first-order valence-corrected chi connectivity index (χ1v) is 5.60. The van der Waals surface area contributed by atoms with Crippen LogP contribution in [0.15, 0.2) is 22.7 Å². The second-order valence-corrected chi connectivity index (χ2v) is 4.25. The summed E-state index contributed by atoms with van der Waals surface area (Å²) in [6, 6.07) is 5.52. The van der Waals surface area contributed by atoms with Gasteiger partial charge in [0.1, 0.15) is 0 Å². The molecule has 2 nitrogen and oxygen atoms in total. The van der Waals surface area contributed by atoms with E-state index in [0.29, 0.717) is 18.2 Å². The van der Waals surface area contributed by atoms with Crippen molar-refractivity contribution in [1.29, 1.82) is 0 Å². The van der Waals surface area contributed by atoms with E-state index in [0.717, 1.165) is 10.0 Å². The number of hydrogen-bond acceptors (Lipinski definition) is 2. The van der Waals surface area contributed by atoms with Crippen LogP contribution in [0.25, 0.3) is 0 Å². The SMILES string of the molecule is CCOCC(N)c1ccc(Br)cc1Cl. The molecule has 14 heavy (non-hydrogen) atoms. The Morgan fingerprint density at radius 2 is 2.29 bits per heavy atom. The Bertz CT molecular complexity index is 306. The molecule has 2 N–H and O–H groups in total. The van der Waals surface area contributed by atoms with Gasteiger partial charge in [0.15, 0.2) is 0 Å². The molecule has 0 saturated heterocycles. The van der Waals surface area contributed by atoms with Crippen LogP contribution < -0.4 is 5.73 Å². The zero-order valence-electron chi connectivity index (χ0n) is 7.97. The molecule has 1 aromatic carbocycles. The highest BCUT2D eigenvalue weighted by Crippen LogP contribution is 2.25. The van der Waals surface area contributed by atoms with Crippen LogP contribution >= 0.6 is 27.5 Å². The first-order chi connectivity index (χ1) is 6.65. The standard InChI is InChI=1S/C10H13BrClNO/c1-2-14-6-10(13)8-4-3-7(11)5-9(8)12/h3-5,10H,2,6,13H2,1H3. The van der Waals surface area contributed by atoms with E-state index in [2.05, 4.69) is 15.9 Å². The van der Waals surface area contributed by atoms with Gasteiger partial charge in [0.05, 0.1) is 12.6 Å². The van der Waals surface area contributed by atoms with E-state index in [4.69, 9.17) is 22.1 Å². The van der Waals surface area contributed by atoms with Gasteiger partial charge in [-0.1, -0.05) is 33.6 Å². The fourth-order valence-electron chi connectivity index (χ4n) is 1.14. The molecule has 0 amide bonds. The van der Waals surface area contributed by atoms with Crippen molar-refractivity contribution in [2.45, 2.75) is 13.0 Å².